The maximum Gasteiger partial charge on any atom is 0.0110 e. The Kier molecular flexibility index (Phi) is 4.04. The maximum atomic E-state index is 3.62. The van der Waals surface area contributed by atoms with Crippen molar-refractivity contribution in [1.29, 1.82) is 0 Å². The molecule has 0 amide bonds. The molecule has 0 saturated heterocycles. The van der Waals surface area contributed by atoms with Crippen LogP contribution < -0.4 is 5.32 Å². The Balaban J connectivity index is 1.59. The lowest BCUT2D eigenvalue weighted by Gasteiger charge is -2.23. The van der Waals surface area contributed by atoms with E-state index < -0.39 is 0 Å². The van der Waals surface area contributed by atoms with Gasteiger partial charge in [0.25, 0.3) is 0 Å². The Morgan fingerprint density at radius 1 is 1.13 bits per heavy atom. The summed E-state index contributed by atoms with van der Waals surface area (Å²) in [6.07, 6.45) is 7.08. The third-order valence-corrected chi connectivity index (χ3v) is 3.47. The molecule has 2 nitrogen and oxygen atoms in total. The highest BCUT2D eigenvalue weighted by atomic mass is 15.2. The highest BCUT2D eigenvalue weighted by Crippen LogP contribution is 2.27. The van der Waals surface area contributed by atoms with Gasteiger partial charge in [-0.2, -0.15) is 0 Å². The van der Waals surface area contributed by atoms with Gasteiger partial charge in [0, 0.05) is 25.2 Å². The molecule has 0 aliphatic heterocycles. The summed E-state index contributed by atoms with van der Waals surface area (Å²) in [5.41, 5.74) is 0. The molecule has 2 rings (SSSR count). The molecule has 0 aromatic heterocycles. The molecule has 1 N–H and O–H groups in total. The van der Waals surface area contributed by atoms with E-state index in [9.17, 15) is 0 Å². The Hall–Kier alpha value is -0.0800. The number of nitrogens with one attached hydrogen (secondary N) is 1. The van der Waals surface area contributed by atoms with E-state index in [-0.39, 0.29) is 0 Å². The molecule has 0 aromatic carbocycles. The fraction of sp³-hybridized carbons (Fsp3) is 1.00. The Morgan fingerprint density at radius 3 is 2.40 bits per heavy atom. The van der Waals surface area contributed by atoms with Crippen LogP contribution in [0.5, 0.6) is 0 Å². The molecule has 0 radical (unpaired) electrons. The van der Waals surface area contributed by atoms with Crippen LogP contribution in [0.15, 0.2) is 0 Å². The van der Waals surface area contributed by atoms with Gasteiger partial charge < -0.3 is 5.32 Å². The molecule has 0 bridgehead atoms. The van der Waals surface area contributed by atoms with E-state index in [2.05, 4.69) is 24.1 Å². The minimum atomic E-state index is 0.850. The fourth-order valence-corrected chi connectivity index (χ4v) is 2.04. The first-order chi connectivity index (χ1) is 7.25. The van der Waals surface area contributed by atoms with Gasteiger partial charge in [0.2, 0.25) is 0 Å². The second-order valence-electron chi connectivity index (χ2n) is 5.68. The summed E-state index contributed by atoms with van der Waals surface area (Å²) >= 11 is 0. The van der Waals surface area contributed by atoms with Crippen molar-refractivity contribution in [2.24, 2.45) is 5.92 Å². The quantitative estimate of drug-likeness (QED) is 0.661. The molecule has 2 aliphatic carbocycles. The van der Waals surface area contributed by atoms with Crippen LogP contribution in [0, 0.1) is 5.92 Å². The highest BCUT2D eigenvalue weighted by Gasteiger charge is 2.28. The summed E-state index contributed by atoms with van der Waals surface area (Å²) in [6.45, 7) is 8.45. The lowest BCUT2D eigenvalue weighted by molar-refractivity contribution is 0.247. The normalized spacial score (nSPS) is 21.6. The van der Waals surface area contributed by atoms with E-state index in [0.29, 0.717) is 0 Å². The molecule has 0 heterocycles. The molecule has 88 valence electrons. The van der Waals surface area contributed by atoms with Crippen molar-refractivity contribution in [3.05, 3.63) is 0 Å². The number of nitrogens with zero attached hydrogens (tertiary/aromatic N) is 1. The second kappa shape index (κ2) is 5.31. The van der Waals surface area contributed by atoms with Crippen LogP contribution in [0.25, 0.3) is 0 Å². The smallest absolute Gasteiger partial charge is 0.0110 e. The molecule has 0 spiro atoms. The first kappa shape index (κ1) is 11.4. The molecule has 2 aliphatic rings. The standard InChI is InChI=1S/C13H26N2/c1-11(2)7-9-15(13-5-6-13)10-8-14-12-3-4-12/h11-14H,3-10H2,1-2H3. The van der Waals surface area contributed by atoms with Crippen molar-refractivity contribution in [3.63, 3.8) is 0 Å². The van der Waals surface area contributed by atoms with E-state index in [1.165, 1.54) is 51.7 Å². The molecule has 0 unspecified atom stereocenters. The molecular formula is C13H26N2. The van der Waals surface area contributed by atoms with E-state index in [1.807, 2.05) is 0 Å². The number of hydrogen-bond donors (Lipinski definition) is 1. The zero-order chi connectivity index (χ0) is 10.7. The molecule has 0 atom stereocenters. The van der Waals surface area contributed by atoms with Crippen molar-refractivity contribution >= 4 is 0 Å². The molecule has 15 heavy (non-hydrogen) atoms. The first-order valence-corrected chi connectivity index (χ1v) is 6.73. The van der Waals surface area contributed by atoms with Gasteiger partial charge in [0.05, 0.1) is 0 Å². The van der Waals surface area contributed by atoms with E-state index in [1.54, 1.807) is 0 Å². The largest absolute Gasteiger partial charge is 0.313 e. The van der Waals surface area contributed by atoms with Crippen LogP contribution in [0.4, 0.5) is 0 Å². The summed E-state index contributed by atoms with van der Waals surface area (Å²) in [7, 11) is 0. The Morgan fingerprint density at radius 2 is 1.87 bits per heavy atom. The average Bonchev–Trinajstić information content (AvgIpc) is 2.99. The molecule has 0 aromatic rings. The van der Waals surface area contributed by atoms with Gasteiger partial charge in [-0.15, -0.1) is 0 Å². The van der Waals surface area contributed by atoms with Crippen molar-refractivity contribution in [1.82, 2.24) is 10.2 Å². The third kappa shape index (κ3) is 4.52. The van der Waals surface area contributed by atoms with E-state index in [4.69, 9.17) is 0 Å². The number of hydrogen-bond acceptors (Lipinski definition) is 2. The van der Waals surface area contributed by atoms with Crippen molar-refractivity contribution in [2.75, 3.05) is 19.6 Å². The fourth-order valence-electron chi connectivity index (χ4n) is 2.04. The average molecular weight is 210 g/mol. The first-order valence-electron chi connectivity index (χ1n) is 6.73. The lowest BCUT2D eigenvalue weighted by Crippen LogP contribution is -2.35. The third-order valence-electron chi connectivity index (χ3n) is 3.47. The van der Waals surface area contributed by atoms with Crippen molar-refractivity contribution in [3.8, 4) is 0 Å². The zero-order valence-electron chi connectivity index (χ0n) is 10.3. The van der Waals surface area contributed by atoms with Crippen LogP contribution in [0.2, 0.25) is 0 Å². The van der Waals surface area contributed by atoms with Gasteiger partial charge in [-0.05, 0) is 44.6 Å². The summed E-state index contributed by atoms with van der Waals surface area (Å²) in [6, 6.07) is 1.81. The Labute approximate surface area is 94.4 Å². The summed E-state index contributed by atoms with van der Waals surface area (Å²) in [5, 5.41) is 3.62. The second-order valence-corrected chi connectivity index (χ2v) is 5.68. The summed E-state index contributed by atoms with van der Waals surface area (Å²) in [5.74, 6) is 0.850. The van der Waals surface area contributed by atoms with Gasteiger partial charge >= 0.3 is 0 Å². The van der Waals surface area contributed by atoms with Gasteiger partial charge in [0.1, 0.15) is 0 Å². The van der Waals surface area contributed by atoms with Gasteiger partial charge in [-0.25, -0.2) is 0 Å². The molecule has 2 heteroatoms. The van der Waals surface area contributed by atoms with E-state index >= 15 is 0 Å². The minimum Gasteiger partial charge on any atom is -0.313 e. The predicted octanol–water partition coefficient (Wildman–Crippen LogP) is 2.25. The zero-order valence-corrected chi connectivity index (χ0v) is 10.3. The van der Waals surface area contributed by atoms with Crippen LogP contribution in [0.1, 0.15) is 46.0 Å². The Bertz CT molecular complexity index is 183. The lowest BCUT2D eigenvalue weighted by atomic mass is 10.1. The molecule has 2 fully saturated rings. The number of rotatable bonds is 8. The van der Waals surface area contributed by atoms with Gasteiger partial charge in [-0.1, -0.05) is 13.8 Å². The summed E-state index contributed by atoms with van der Waals surface area (Å²) < 4.78 is 0. The van der Waals surface area contributed by atoms with Crippen LogP contribution in [-0.2, 0) is 0 Å². The maximum absolute atomic E-state index is 3.62. The minimum absolute atomic E-state index is 0.850. The topological polar surface area (TPSA) is 15.3 Å². The van der Waals surface area contributed by atoms with Crippen LogP contribution in [0.3, 0.4) is 0 Å². The van der Waals surface area contributed by atoms with Crippen LogP contribution in [-0.4, -0.2) is 36.6 Å². The predicted molar refractivity (Wildman–Crippen MR) is 65.1 cm³/mol. The van der Waals surface area contributed by atoms with Crippen molar-refractivity contribution in [2.45, 2.75) is 58.0 Å². The van der Waals surface area contributed by atoms with Gasteiger partial charge in [-0.3, -0.25) is 4.90 Å². The molecular weight excluding hydrogens is 184 g/mol. The van der Waals surface area contributed by atoms with Crippen molar-refractivity contribution < 1.29 is 0 Å². The highest BCUT2D eigenvalue weighted by molar-refractivity contribution is 4.86. The SMILES string of the molecule is CC(C)CCN(CCNC1CC1)C1CC1. The monoisotopic (exact) mass is 210 g/mol. The molecule has 2 saturated carbocycles. The van der Waals surface area contributed by atoms with E-state index in [0.717, 1.165) is 18.0 Å². The summed E-state index contributed by atoms with van der Waals surface area (Å²) in [4.78, 5) is 2.70. The van der Waals surface area contributed by atoms with Crippen LogP contribution >= 0.6 is 0 Å². The van der Waals surface area contributed by atoms with Gasteiger partial charge in [0.15, 0.2) is 0 Å².